The molecule has 0 atom stereocenters. The zero-order chi connectivity index (χ0) is 18.2. The first kappa shape index (κ1) is 17.6. The van der Waals surface area contributed by atoms with E-state index < -0.39 is 29.0 Å². The van der Waals surface area contributed by atoms with Crippen LogP contribution in [0.1, 0.15) is 54.3 Å². The Labute approximate surface area is 145 Å². The molecule has 0 N–H and O–H groups in total. The SMILES string of the molecule is CCOC1(OCC)CC(C)(C(=O)ON2C(=O)c3ccccc3C2=O)C1. The molecule has 1 aromatic carbocycles. The number of fused-ring (bicyclic) bond motifs is 1. The summed E-state index contributed by atoms with van der Waals surface area (Å²) in [5, 5.41) is 0.541. The average molecular weight is 347 g/mol. The number of hydroxylamine groups is 2. The van der Waals surface area contributed by atoms with Crippen molar-refractivity contribution >= 4 is 17.8 Å². The third kappa shape index (κ3) is 2.83. The van der Waals surface area contributed by atoms with Crippen LogP contribution >= 0.6 is 0 Å². The Hall–Kier alpha value is -2.25. The number of benzene rings is 1. The van der Waals surface area contributed by atoms with Gasteiger partial charge in [0.25, 0.3) is 11.8 Å². The van der Waals surface area contributed by atoms with Crippen LogP contribution in [0.2, 0.25) is 0 Å². The van der Waals surface area contributed by atoms with Crippen LogP contribution in [0.5, 0.6) is 0 Å². The third-order valence-electron chi connectivity index (χ3n) is 4.56. The van der Waals surface area contributed by atoms with E-state index in [1.807, 2.05) is 13.8 Å². The van der Waals surface area contributed by atoms with E-state index in [1.54, 1.807) is 19.1 Å². The van der Waals surface area contributed by atoms with Crippen molar-refractivity contribution in [3.8, 4) is 0 Å². The number of nitrogens with zero attached hydrogens (tertiary/aromatic N) is 1. The second-order valence-electron chi connectivity index (χ2n) is 6.52. The Morgan fingerprint density at radius 3 is 1.96 bits per heavy atom. The molecule has 1 aromatic rings. The van der Waals surface area contributed by atoms with E-state index >= 15 is 0 Å². The topological polar surface area (TPSA) is 82.1 Å². The van der Waals surface area contributed by atoms with Gasteiger partial charge in [0.05, 0.1) is 16.5 Å². The van der Waals surface area contributed by atoms with Crippen molar-refractivity contribution in [2.24, 2.45) is 5.41 Å². The highest BCUT2D eigenvalue weighted by molar-refractivity contribution is 6.20. The lowest BCUT2D eigenvalue weighted by molar-refractivity contribution is -0.313. The first-order valence-corrected chi connectivity index (χ1v) is 8.34. The van der Waals surface area contributed by atoms with Crippen LogP contribution in [-0.4, -0.2) is 41.8 Å². The highest BCUT2D eigenvalue weighted by Crippen LogP contribution is 2.52. The normalized spacial score (nSPS) is 20.2. The molecule has 7 heteroatoms. The number of imide groups is 1. The molecule has 3 rings (SSSR count). The minimum atomic E-state index is -0.875. The van der Waals surface area contributed by atoms with Crippen molar-refractivity contribution in [1.29, 1.82) is 0 Å². The standard InChI is InChI=1S/C18H21NO6/c1-4-23-18(24-5-2)10-17(3,11-18)16(22)25-19-14(20)12-8-6-7-9-13(12)15(19)21/h6-9H,4-5,10-11H2,1-3H3. The Morgan fingerprint density at radius 1 is 1.04 bits per heavy atom. The second-order valence-corrected chi connectivity index (χ2v) is 6.52. The average Bonchev–Trinajstić information content (AvgIpc) is 2.79. The molecule has 2 amide bonds. The van der Waals surface area contributed by atoms with Gasteiger partial charge < -0.3 is 14.3 Å². The van der Waals surface area contributed by atoms with Crippen LogP contribution in [0, 0.1) is 5.41 Å². The minimum Gasteiger partial charge on any atom is -0.350 e. The molecule has 0 radical (unpaired) electrons. The van der Waals surface area contributed by atoms with E-state index in [4.69, 9.17) is 14.3 Å². The third-order valence-corrected chi connectivity index (χ3v) is 4.56. The molecular formula is C18H21NO6. The van der Waals surface area contributed by atoms with Gasteiger partial charge in [-0.2, -0.15) is 0 Å². The lowest BCUT2D eigenvalue weighted by atomic mass is 9.65. The number of hydrogen-bond donors (Lipinski definition) is 0. The minimum absolute atomic E-state index is 0.233. The van der Waals surface area contributed by atoms with Gasteiger partial charge in [-0.15, -0.1) is 0 Å². The molecule has 0 bridgehead atoms. The van der Waals surface area contributed by atoms with Gasteiger partial charge in [-0.1, -0.05) is 17.2 Å². The molecule has 0 unspecified atom stereocenters. The fourth-order valence-corrected chi connectivity index (χ4v) is 3.50. The van der Waals surface area contributed by atoms with E-state index in [1.165, 1.54) is 12.1 Å². The van der Waals surface area contributed by atoms with E-state index in [2.05, 4.69) is 0 Å². The Kier molecular flexibility index (Phi) is 4.38. The van der Waals surface area contributed by atoms with E-state index in [0.29, 0.717) is 31.1 Å². The van der Waals surface area contributed by atoms with Gasteiger partial charge in [-0.05, 0) is 32.9 Å². The zero-order valence-corrected chi connectivity index (χ0v) is 14.5. The molecule has 1 fully saturated rings. The monoisotopic (exact) mass is 347 g/mol. The first-order valence-electron chi connectivity index (χ1n) is 8.34. The summed E-state index contributed by atoms with van der Waals surface area (Å²) in [7, 11) is 0. The number of carbonyl (C=O) groups excluding carboxylic acids is 3. The quantitative estimate of drug-likeness (QED) is 0.580. The van der Waals surface area contributed by atoms with Crippen molar-refractivity contribution < 1.29 is 28.7 Å². The van der Waals surface area contributed by atoms with Crippen molar-refractivity contribution in [2.75, 3.05) is 13.2 Å². The van der Waals surface area contributed by atoms with Crippen LogP contribution in [0.15, 0.2) is 24.3 Å². The summed E-state index contributed by atoms with van der Waals surface area (Å²) in [6, 6.07) is 6.37. The van der Waals surface area contributed by atoms with Gasteiger partial charge in [0, 0.05) is 26.1 Å². The van der Waals surface area contributed by atoms with Crippen molar-refractivity contribution in [3.05, 3.63) is 35.4 Å². The lowest BCUT2D eigenvalue weighted by Gasteiger charge is -2.51. The van der Waals surface area contributed by atoms with Gasteiger partial charge in [0.15, 0.2) is 5.79 Å². The number of rotatable bonds is 6. The largest absolute Gasteiger partial charge is 0.350 e. The Morgan fingerprint density at radius 2 is 1.52 bits per heavy atom. The number of hydrogen-bond acceptors (Lipinski definition) is 6. The van der Waals surface area contributed by atoms with Crippen LogP contribution < -0.4 is 0 Å². The number of ether oxygens (including phenoxy) is 2. The van der Waals surface area contributed by atoms with Crippen molar-refractivity contribution in [2.45, 2.75) is 39.4 Å². The van der Waals surface area contributed by atoms with Crippen LogP contribution in [-0.2, 0) is 19.1 Å². The van der Waals surface area contributed by atoms with Gasteiger partial charge in [0.2, 0.25) is 0 Å². The molecular weight excluding hydrogens is 326 g/mol. The van der Waals surface area contributed by atoms with Gasteiger partial charge in [-0.3, -0.25) is 9.59 Å². The van der Waals surface area contributed by atoms with E-state index in [0.717, 1.165) is 0 Å². The molecule has 25 heavy (non-hydrogen) atoms. The predicted octanol–water partition coefficient (Wildman–Crippen LogP) is 2.31. The van der Waals surface area contributed by atoms with E-state index in [9.17, 15) is 14.4 Å². The van der Waals surface area contributed by atoms with Crippen LogP contribution in [0.3, 0.4) is 0 Å². The second kappa shape index (κ2) is 6.24. The molecule has 0 spiro atoms. The summed E-state index contributed by atoms with van der Waals surface area (Å²) in [4.78, 5) is 42.3. The molecule has 1 aliphatic carbocycles. The summed E-state index contributed by atoms with van der Waals surface area (Å²) < 4.78 is 11.3. The van der Waals surface area contributed by atoms with Gasteiger partial charge in [-0.25, -0.2) is 4.79 Å². The van der Waals surface area contributed by atoms with Crippen molar-refractivity contribution in [1.82, 2.24) is 5.06 Å². The fourth-order valence-electron chi connectivity index (χ4n) is 3.50. The molecule has 1 heterocycles. The van der Waals surface area contributed by atoms with Crippen LogP contribution in [0.4, 0.5) is 0 Å². The molecule has 0 aromatic heterocycles. The first-order chi connectivity index (χ1) is 11.9. The highest BCUT2D eigenvalue weighted by atomic mass is 16.7. The summed E-state index contributed by atoms with van der Waals surface area (Å²) in [6.45, 7) is 6.35. The highest BCUT2D eigenvalue weighted by Gasteiger charge is 2.60. The van der Waals surface area contributed by atoms with Crippen LogP contribution in [0.25, 0.3) is 0 Å². The lowest BCUT2D eigenvalue weighted by Crippen LogP contribution is -2.58. The zero-order valence-electron chi connectivity index (χ0n) is 14.5. The molecule has 7 nitrogen and oxygen atoms in total. The molecule has 0 saturated heterocycles. The maximum atomic E-state index is 12.6. The molecule has 1 saturated carbocycles. The van der Waals surface area contributed by atoms with E-state index in [-0.39, 0.29) is 11.1 Å². The summed E-state index contributed by atoms with van der Waals surface area (Å²) >= 11 is 0. The molecule has 134 valence electrons. The summed E-state index contributed by atoms with van der Waals surface area (Å²) in [5.41, 5.74) is -0.409. The van der Waals surface area contributed by atoms with Gasteiger partial charge in [0.1, 0.15) is 0 Å². The number of amides is 2. The molecule has 2 aliphatic rings. The number of carbonyl (C=O) groups is 3. The van der Waals surface area contributed by atoms with Gasteiger partial charge >= 0.3 is 5.97 Å². The Bertz CT molecular complexity index is 679. The fraction of sp³-hybridized carbons (Fsp3) is 0.500. The maximum absolute atomic E-state index is 12.6. The predicted molar refractivity (Wildman–Crippen MR) is 86.4 cm³/mol. The Balaban J connectivity index is 1.70. The van der Waals surface area contributed by atoms with Crippen molar-refractivity contribution in [3.63, 3.8) is 0 Å². The molecule has 1 aliphatic heterocycles. The maximum Gasteiger partial charge on any atom is 0.339 e. The smallest absolute Gasteiger partial charge is 0.339 e. The summed E-state index contributed by atoms with van der Waals surface area (Å²) in [5.74, 6) is -2.70. The summed E-state index contributed by atoms with van der Waals surface area (Å²) in [6.07, 6.45) is 0.618.